The van der Waals surface area contributed by atoms with E-state index in [4.69, 9.17) is 10.7 Å². The van der Waals surface area contributed by atoms with Crippen LogP contribution in [0.2, 0.25) is 0 Å². The molecule has 1 aromatic heterocycles. The number of anilines is 1. The normalized spacial score (nSPS) is 14.0. The van der Waals surface area contributed by atoms with Gasteiger partial charge in [0, 0.05) is 24.3 Å². The number of nitrogens with zero attached hydrogens (tertiary/aromatic N) is 6. The van der Waals surface area contributed by atoms with Crippen molar-refractivity contribution < 1.29 is 4.79 Å². The Balaban J connectivity index is 1.79. The second-order valence-electron chi connectivity index (χ2n) is 6.94. The molecule has 0 radical (unpaired) electrons. The van der Waals surface area contributed by atoms with Crippen molar-refractivity contribution in [3.63, 3.8) is 0 Å². The third-order valence-electron chi connectivity index (χ3n) is 5.08. The Morgan fingerprint density at radius 1 is 1.07 bits per heavy atom. The number of fused-ring (bicyclic) bond motifs is 1. The highest BCUT2D eigenvalue weighted by molar-refractivity contribution is 6.70. The first-order valence-electron chi connectivity index (χ1n) is 9.88. The SMILES string of the molecule is CCN(CC)c1ccc(N=C2C(C(N)=O)=Nn3c2nnc3-c2ccccc2)c(C)c1. The van der Waals surface area contributed by atoms with Crippen LogP contribution in [-0.2, 0) is 4.79 Å². The molecule has 0 saturated carbocycles. The van der Waals surface area contributed by atoms with Gasteiger partial charge in [-0.05, 0) is 44.5 Å². The predicted octanol–water partition coefficient (Wildman–Crippen LogP) is 2.92. The number of benzene rings is 2. The van der Waals surface area contributed by atoms with Crippen LogP contribution in [0.5, 0.6) is 0 Å². The minimum absolute atomic E-state index is 0.0734. The van der Waals surface area contributed by atoms with E-state index >= 15 is 0 Å². The van der Waals surface area contributed by atoms with Crippen LogP contribution in [0, 0.1) is 6.92 Å². The molecule has 8 heteroatoms. The molecule has 152 valence electrons. The molecule has 0 fully saturated rings. The maximum atomic E-state index is 12.1. The maximum Gasteiger partial charge on any atom is 0.271 e. The zero-order chi connectivity index (χ0) is 21.3. The molecule has 1 aliphatic rings. The molecular formula is C22H23N7O. The summed E-state index contributed by atoms with van der Waals surface area (Å²) in [5.74, 6) is 0.272. The second-order valence-corrected chi connectivity index (χ2v) is 6.94. The van der Waals surface area contributed by atoms with Gasteiger partial charge in [-0.3, -0.25) is 4.79 Å². The lowest BCUT2D eigenvalue weighted by molar-refractivity contribution is -0.111. The molecule has 1 aliphatic heterocycles. The molecule has 0 aliphatic carbocycles. The summed E-state index contributed by atoms with van der Waals surface area (Å²) in [4.78, 5) is 19.0. The van der Waals surface area contributed by atoms with Gasteiger partial charge in [-0.25, -0.2) is 4.99 Å². The highest BCUT2D eigenvalue weighted by atomic mass is 16.1. The summed E-state index contributed by atoms with van der Waals surface area (Å²) in [7, 11) is 0. The van der Waals surface area contributed by atoms with Crippen LogP contribution in [0.25, 0.3) is 11.4 Å². The number of hydrogen-bond acceptors (Lipinski definition) is 6. The lowest BCUT2D eigenvalue weighted by Gasteiger charge is -2.21. The van der Waals surface area contributed by atoms with Gasteiger partial charge in [-0.2, -0.15) is 9.78 Å². The molecule has 4 rings (SSSR count). The van der Waals surface area contributed by atoms with Crippen molar-refractivity contribution in [1.29, 1.82) is 0 Å². The number of aliphatic imine (C=N–C) groups is 1. The molecule has 2 heterocycles. The molecule has 8 nitrogen and oxygen atoms in total. The largest absolute Gasteiger partial charge is 0.372 e. The number of rotatable bonds is 6. The quantitative estimate of drug-likeness (QED) is 0.686. The Morgan fingerprint density at radius 3 is 2.40 bits per heavy atom. The van der Waals surface area contributed by atoms with Crippen LogP contribution >= 0.6 is 0 Å². The summed E-state index contributed by atoms with van der Waals surface area (Å²) in [6.07, 6.45) is 0. The molecule has 0 saturated heterocycles. The van der Waals surface area contributed by atoms with E-state index in [0.29, 0.717) is 17.4 Å². The molecule has 3 aromatic rings. The molecule has 0 unspecified atom stereocenters. The van der Waals surface area contributed by atoms with E-state index in [1.807, 2.05) is 49.4 Å². The molecule has 2 aromatic carbocycles. The van der Waals surface area contributed by atoms with Crippen molar-refractivity contribution >= 4 is 28.7 Å². The number of aryl methyl sites for hydroxylation is 1. The summed E-state index contributed by atoms with van der Waals surface area (Å²) in [5, 5.41) is 12.8. The first-order valence-corrected chi connectivity index (χ1v) is 9.88. The molecule has 1 amide bonds. The Bertz CT molecular complexity index is 1160. The third kappa shape index (κ3) is 3.36. The van der Waals surface area contributed by atoms with Gasteiger partial charge in [0.25, 0.3) is 5.91 Å². The van der Waals surface area contributed by atoms with E-state index in [1.165, 1.54) is 4.68 Å². The van der Waals surface area contributed by atoms with Gasteiger partial charge in [0.05, 0.1) is 5.69 Å². The fourth-order valence-corrected chi connectivity index (χ4v) is 3.48. The number of amides is 1. The Morgan fingerprint density at radius 2 is 1.77 bits per heavy atom. The van der Waals surface area contributed by atoms with E-state index < -0.39 is 5.91 Å². The van der Waals surface area contributed by atoms with Crippen molar-refractivity contribution in [1.82, 2.24) is 14.9 Å². The second kappa shape index (κ2) is 7.90. The summed E-state index contributed by atoms with van der Waals surface area (Å²) < 4.78 is 1.52. The van der Waals surface area contributed by atoms with Crippen molar-refractivity contribution in [2.45, 2.75) is 20.8 Å². The first-order chi connectivity index (χ1) is 14.5. The van der Waals surface area contributed by atoms with Crippen molar-refractivity contribution in [2.24, 2.45) is 15.8 Å². The van der Waals surface area contributed by atoms with Gasteiger partial charge >= 0.3 is 0 Å². The standard InChI is InChI=1S/C22H23N7O/c1-4-28(5-2)16-11-12-17(14(3)13-16)24-19-18(20(23)30)27-29-21(25-26-22(19)29)15-9-7-6-8-10-15/h6-13H,4-5H2,1-3H3,(H2,23,30). The van der Waals surface area contributed by atoms with Crippen LogP contribution < -0.4 is 10.6 Å². The monoisotopic (exact) mass is 401 g/mol. The highest BCUT2D eigenvalue weighted by Crippen LogP contribution is 2.28. The van der Waals surface area contributed by atoms with Crippen molar-refractivity contribution in [3.8, 4) is 11.4 Å². The smallest absolute Gasteiger partial charge is 0.271 e. The molecule has 30 heavy (non-hydrogen) atoms. The van der Waals surface area contributed by atoms with E-state index in [0.717, 1.165) is 35.6 Å². The zero-order valence-corrected chi connectivity index (χ0v) is 17.2. The lowest BCUT2D eigenvalue weighted by Crippen LogP contribution is -2.29. The highest BCUT2D eigenvalue weighted by Gasteiger charge is 2.32. The number of aromatic nitrogens is 3. The number of carbonyl (C=O) groups is 1. The van der Waals surface area contributed by atoms with Crippen LogP contribution in [0.1, 0.15) is 25.2 Å². The van der Waals surface area contributed by atoms with Gasteiger partial charge < -0.3 is 10.6 Å². The Kier molecular flexibility index (Phi) is 5.14. The average Bonchev–Trinajstić information content (AvgIpc) is 3.31. The fourth-order valence-electron chi connectivity index (χ4n) is 3.48. The molecule has 0 spiro atoms. The fraction of sp³-hybridized carbons (Fsp3) is 0.227. The van der Waals surface area contributed by atoms with Gasteiger partial charge in [-0.1, -0.05) is 30.3 Å². The summed E-state index contributed by atoms with van der Waals surface area (Å²) in [6.45, 7) is 8.08. The summed E-state index contributed by atoms with van der Waals surface area (Å²) in [5.41, 5.74) is 9.67. The first kappa shape index (κ1) is 19.5. The average molecular weight is 401 g/mol. The van der Waals surface area contributed by atoms with E-state index in [9.17, 15) is 4.79 Å². The number of carbonyl (C=O) groups excluding carboxylic acids is 1. The van der Waals surface area contributed by atoms with Gasteiger partial charge in [0.1, 0.15) is 5.71 Å². The Hall–Kier alpha value is -3.81. The summed E-state index contributed by atoms with van der Waals surface area (Å²) in [6, 6.07) is 15.6. The summed E-state index contributed by atoms with van der Waals surface area (Å²) >= 11 is 0. The van der Waals surface area contributed by atoms with Crippen molar-refractivity contribution in [2.75, 3.05) is 18.0 Å². The van der Waals surface area contributed by atoms with Crippen LogP contribution in [0.4, 0.5) is 11.4 Å². The van der Waals surface area contributed by atoms with Crippen LogP contribution in [0.3, 0.4) is 0 Å². The number of primary amides is 1. The van der Waals surface area contributed by atoms with E-state index in [2.05, 4.69) is 40.1 Å². The van der Waals surface area contributed by atoms with Gasteiger partial charge in [0.2, 0.25) is 5.82 Å². The van der Waals surface area contributed by atoms with Crippen molar-refractivity contribution in [3.05, 3.63) is 59.9 Å². The Labute approximate surface area is 174 Å². The minimum Gasteiger partial charge on any atom is -0.372 e. The number of hydrogen-bond donors (Lipinski definition) is 1. The lowest BCUT2D eigenvalue weighted by atomic mass is 10.1. The maximum absolute atomic E-state index is 12.1. The molecule has 0 bridgehead atoms. The van der Waals surface area contributed by atoms with Crippen LogP contribution in [0.15, 0.2) is 58.6 Å². The zero-order valence-electron chi connectivity index (χ0n) is 17.2. The number of nitrogens with two attached hydrogens (primary N) is 1. The minimum atomic E-state index is -0.657. The van der Waals surface area contributed by atoms with Crippen LogP contribution in [-0.4, -0.2) is 45.3 Å². The predicted molar refractivity (Wildman–Crippen MR) is 118 cm³/mol. The van der Waals surface area contributed by atoms with E-state index in [-0.39, 0.29) is 5.71 Å². The topological polar surface area (TPSA) is 102 Å². The van der Waals surface area contributed by atoms with Gasteiger partial charge in [0.15, 0.2) is 11.5 Å². The van der Waals surface area contributed by atoms with E-state index in [1.54, 1.807) is 0 Å². The molecule has 2 N–H and O–H groups in total. The molecular weight excluding hydrogens is 378 g/mol. The van der Waals surface area contributed by atoms with Gasteiger partial charge in [-0.15, -0.1) is 10.2 Å². The molecule has 0 atom stereocenters. The third-order valence-corrected chi connectivity index (χ3v) is 5.08.